The summed E-state index contributed by atoms with van der Waals surface area (Å²) in [6.45, 7) is 0. The first-order chi connectivity index (χ1) is 8.08. The zero-order valence-electron chi connectivity index (χ0n) is 8.70. The van der Waals surface area contributed by atoms with E-state index >= 15 is 0 Å². The van der Waals surface area contributed by atoms with Crippen molar-refractivity contribution in [3.63, 3.8) is 0 Å². The molecule has 0 radical (unpaired) electrons. The highest BCUT2D eigenvalue weighted by Crippen LogP contribution is 2.26. The van der Waals surface area contributed by atoms with Gasteiger partial charge in [0.15, 0.2) is 0 Å². The van der Waals surface area contributed by atoms with Crippen molar-refractivity contribution in [2.45, 2.75) is 6.04 Å². The molecule has 1 unspecified atom stereocenters. The van der Waals surface area contributed by atoms with E-state index in [9.17, 15) is 4.39 Å². The Morgan fingerprint density at radius 1 is 1.18 bits per heavy atom. The van der Waals surface area contributed by atoms with Crippen LogP contribution in [-0.2, 0) is 0 Å². The zero-order valence-corrected chi connectivity index (χ0v) is 10.2. The van der Waals surface area contributed by atoms with E-state index in [0.717, 1.165) is 5.56 Å². The highest BCUT2D eigenvalue weighted by atomic mass is 35.5. The summed E-state index contributed by atoms with van der Waals surface area (Å²) in [6, 6.07) is 6.98. The summed E-state index contributed by atoms with van der Waals surface area (Å²) in [7, 11) is 0. The normalized spacial score (nSPS) is 12.5. The van der Waals surface area contributed by atoms with E-state index in [4.69, 9.17) is 28.9 Å². The van der Waals surface area contributed by atoms with E-state index < -0.39 is 6.04 Å². The van der Waals surface area contributed by atoms with Crippen molar-refractivity contribution in [3.05, 3.63) is 63.6 Å². The number of aromatic nitrogens is 1. The minimum Gasteiger partial charge on any atom is -0.319 e. The Hall–Kier alpha value is -1.16. The quantitative estimate of drug-likeness (QED) is 0.906. The molecule has 0 aliphatic heterocycles. The van der Waals surface area contributed by atoms with Crippen LogP contribution in [0, 0.1) is 5.82 Å². The van der Waals surface area contributed by atoms with Gasteiger partial charge in [-0.25, -0.2) is 4.39 Å². The van der Waals surface area contributed by atoms with Crippen molar-refractivity contribution >= 4 is 23.2 Å². The number of nitrogens with zero attached hydrogens (tertiary/aromatic N) is 1. The van der Waals surface area contributed by atoms with Gasteiger partial charge >= 0.3 is 0 Å². The van der Waals surface area contributed by atoms with Gasteiger partial charge < -0.3 is 5.73 Å². The molecule has 0 saturated carbocycles. The van der Waals surface area contributed by atoms with Crippen LogP contribution >= 0.6 is 23.2 Å². The third-order valence-electron chi connectivity index (χ3n) is 2.36. The highest BCUT2D eigenvalue weighted by Gasteiger charge is 2.14. The van der Waals surface area contributed by atoms with Gasteiger partial charge in [0.05, 0.1) is 21.8 Å². The molecule has 1 aromatic carbocycles. The first-order valence-electron chi connectivity index (χ1n) is 4.90. The van der Waals surface area contributed by atoms with Crippen molar-refractivity contribution in [1.82, 2.24) is 4.98 Å². The lowest BCUT2D eigenvalue weighted by Gasteiger charge is -2.13. The number of rotatable bonds is 2. The summed E-state index contributed by atoms with van der Waals surface area (Å²) in [5.74, 6) is -0.309. The topological polar surface area (TPSA) is 38.9 Å². The minimum atomic E-state index is -0.500. The average molecular weight is 271 g/mol. The number of pyridine rings is 1. The Kier molecular flexibility index (Phi) is 3.62. The molecule has 0 fully saturated rings. The fraction of sp³-hybridized carbons (Fsp3) is 0.0833. The molecule has 0 spiro atoms. The van der Waals surface area contributed by atoms with Gasteiger partial charge in [0, 0.05) is 6.20 Å². The first-order valence-corrected chi connectivity index (χ1v) is 5.65. The lowest BCUT2D eigenvalue weighted by atomic mass is 10.0. The molecule has 2 N–H and O–H groups in total. The second-order valence-electron chi connectivity index (χ2n) is 3.55. The summed E-state index contributed by atoms with van der Waals surface area (Å²) >= 11 is 11.8. The Labute approximate surface area is 108 Å². The van der Waals surface area contributed by atoms with E-state index in [1.807, 2.05) is 0 Å². The molecule has 2 nitrogen and oxygen atoms in total. The highest BCUT2D eigenvalue weighted by molar-refractivity contribution is 6.34. The number of nitrogens with two attached hydrogens (primary N) is 1. The smallest absolute Gasteiger partial charge is 0.123 e. The van der Waals surface area contributed by atoms with Gasteiger partial charge in [-0.15, -0.1) is 0 Å². The number of hydrogen-bond acceptors (Lipinski definition) is 2. The van der Waals surface area contributed by atoms with Crippen molar-refractivity contribution in [3.8, 4) is 0 Å². The molecule has 2 rings (SSSR count). The van der Waals surface area contributed by atoms with Crippen LogP contribution in [0.2, 0.25) is 10.0 Å². The molecule has 5 heteroatoms. The molecule has 0 aliphatic carbocycles. The Bertz CT molecular complexity index is 529. The zero-order chi connectivity index (χ0) is 12.4. The van der Waals surface area contributed by atoms with E-state index in [1.165, 1.54) is 18.3 Å². The molecule has 2 aromatic rings. The fourth-order valence-electron chi connectivity index (χ4n) is 1.48. The van der Waals surface area contributed by atoms with Crippen LogP contribution in [-0.4, -0.2) is 4.98 Å². The van der Waals surface area contributed by atoms with E-state index in [-0.39, 0.29) is 5.82 Å². The molecule has 0 amide bonds. The summed E-state index contributed by atoms with van der Waals surface area (Å²) in [5, 5.41) is 0.847. The van der Waals surface area contributed by atoms with Gasteiger partial charge in [-0.1, -0.05) is 35.3 Å². The predicted octanol–water partition coefficient (Wildman–Crippen LogP) is 3.58. The largest absolute Gasteiger partial charge is 0.319 e. The molecule has 0 saturated heterocycles. The summed E-state index contributed by atoms with van der Waals surface area (Å²) in [6.07, 6.45) is 1.48. The van der Waals surface area contributed by atoms with Gasteiger partial charge in [-0.2, -0.15) is 0 Å². The van der Waals surface area contributed by atoms with Gasteiger partial charge in [0.2, 0.25) is 0 Å². The van der Waals surface area contributed by atoms with E-state index in [0.29, 0.717) is 15.7 Å². The Balaban J connectivity index is 2.36. The van der Waals surface area contributed by atoms with E-state index in [2.05, 4.69) is 4.98 Å². The standard InChI is InChI=1S/C12H9Cl2FN2/c13-8-5-10(14)12(17-6-8)11(16)7-1-3-9(15)4-2-7/h1-6,11H,16H2. The maximum atomic E-state index is 12.8. The van der Waals surface area contributed by atoms with Crippen LogP contribution in [0.1, 0.15) is 17.3 Å². The lowest BCUT2D eigenvalue weighted by molar-refractivity contribution is 0.626. The van der Waals surface area contributed by atoms with Crippen molar-refractivity contribution in [2.24, 2.45) is 5.73 Å². The molecule has 1 heterocycles. The summed E-state index contributed by atoms with van der Waals surface area (Å²) in [5.41, 5.74) is 7.26. The van der Waals surface area contributed by atoms with Gasteiger partial charge in [-0.05, 0) is 23.8 Å². The monoisotopic (exact) mass is 270 g/mol. The maximum absolute atomic E-state index is 12.8. The van der Waals surface area contributed by atoms with Crippen LogP contribution in [0.5, 0.6) is 0 Å². The van der Waals surface area contributed by atoms with Crippen molar-refractivity contribution in [1.29, 1.82) is 0 Å². The van der Waals surface area contributed by atoms with Crippen LogP contribution in [0.4, 0.5) is 4.39 Å². The third kappa shape index (κ3) is 2.75. The molecule has 1 aromatic heterocycles. The van der Waals surface area contributed by atoms with Crippen LogP contribution in [0.15, 0.2) is 36.5 Å². The van der Waals surface area contributed by atoms with Crippen LogP contribution in [0.25, 0.3) is 0 Å². The second kappa shape index (κ2) is 5.00. The van der Waals surface area contributed by atoms with Crippen LogP contribution in [0.3, 0.4) is 0 Å². The van der Waals surface area contributed by atoms with Crippen molar-refractivity contribution < 1.29 is 4.39 Å². The van der Waals surface area contributed by atoms with Crippen molar-refractivity contribution in [2.75, 3.05) is 0 Å². The number of hydrogen-bond donors (Lipinski definition) is 1. The predicted molar refractivity (Wildman–Crippen MR) is 66.7 cm³/mol. The minimum absolute atomic E-state index is 0.309. The van der Waals surface area contributed by atoms with Crippen LogP contribution < -0.4 is 5.73 Å². The van der Waals surface area contributed by atoms with Gasteiger partial charge in [0.25, 0.3) is 0 Å². The number of halogens is 3. The molecule has 17 heavy (non-hydrogen) atoms. The molecule has 88 valence electrons. The molecular weight excluding hydrogens is 262 g/mol. The maximum Gasteiger partial charge on any atom is 0.123 e. The summed E-state index contributed by atoms with van der Waals surface area (Å²) < 4.78 is 12.8. The molecule has 0 bridgehead atoms. The number of benzene rings is 1. The molecule has 0 aliphatic rings. The summed E-state index contributed by atoms with van der Waals surface area (Å²) in [4.78, 5) is 4.09. The lowest BCUT2D eigenvalue weighted by Crippen LogP contribution is -2.14. The average Bonchev–Trinajstić information content (AvgIpc) is 2.29. The third-order valence-corrected chi connectivity index (χ3v) is 2.87. The van der Waals surface area contributed by atoms with E-state index in [1.54, 1.807) is 18.2 Å². The Morgan fingerprint density at radius 2 is 1.82 bits per heavy atom. The van der Waals surface area contributed by atoms with Gasteiger partial charge in [-0.3, -0.25) is 4.98 Å². The molecular formula is C12H9Cl2FN2. The molecule has 1 atom stereocenters. The Morgan fingerprint density at radius 3 is 2.41 bits per heavy atom. The second-order valence-corrected chi connectivity index (χ2v) is 4.39. The first kappa shape index (κ1) is 12.3. The fourth-order valence-corrected chi connectivity index (χ4v) is 1.98. The SMILES string of the molecule is NC(c1ccc(F)cc1)c1ncc(Cl)cc1Cl. The van der Waals surface area contributed by atoms with Gasteiger partial charge in [0.1, 0.15) is 5.82 Å².